The number of phenols is 1. The smallest absolute Gasteiger partial charge is 0.165 e. The highest BCUT2D eigenvalue weighted by molar-refractivity contribution is 9.10. The van der Waals surface area contributed by atoms with Gasteiger partial charge in [0.25, 0.3) is 0 Å². The second-order valence-corrected chi connectivity index (χ2v) is 5.27. The van der Waals surface area contributed by atoms with Crippen molar-refractivity contribution in [3.63, 3.8) is 0 Å². The second-order valence-electron chi connectivity index (χ2n) is 4.42. The number of hydrogen-bond acceptors (Lipinski definition) is 3. The Bertz CT molecular complexity index is 428. The molecule has 4 heteroatoms. The van der Waals surface area contributed by atoms with E-state index in [-0.39, 0.29) is 11.3 Å². The van der Waals surface area contributed by atoms with Crippen molar-refractivity contribution in [3.8, 4) is 11.5 Å². The highest BCUT2D eigenvalue weighted by Gasteiger charge is 2.39. The average Bonchev–Trinajstić information content (AvgIpc) is 2.19. The van der Waals surface area contributed by atoms with E-state index in [9.17, 15) is 5.11 Å². The zero-order valence-electron chi connectivity index (χ0n) is 9.51. The van der Waals surface area contributed by atoms with Crippen LogP contribution in [0.4, 0.5) is 0 Å². The zero-order chi connectivity index (χ0) is 11.9. The van der Waals surface area contributed by atoms with Crippen LogP contribution >= 0.6 is 15.9 Å². The lowest BCUT2D eigenvalue weighted by atomic mass is 9.71. The highest BCUT2D eigenvalue weighted by Crippen LogP contribution is 2.49. The lowest BCUT2D eigenvalue weighted by Crippen LogP contribution is -2.44. The minimum Gasteiger partial charge on any atom is -0.504 e. The Hall–Kier alpha value is -0.740. The molecule has 1 fully saturated rings. The van der Waals surface area contributed by atoms with Crippen LogP contribution in [0.3, 0.4) is 0 Å². The summed E-state index contributed by atoms with van der Waals surface area (Å²) in [5.74, 6) is 0.662. The predicted octanol–water partition coefficient (Wildman–Crippen LogP) is 2.81. The molecule has 2 rings (SSSR count). The summed E-state index contributed by atoms with van der Waals surface area (Å²) in [7, 11) is 1.56. The summed E-state index contributed by atoms with van der Waals surface area (Å²) in [6, 6.07) is 1.65. The maximum absolute atomic E-state index is 9.87. The van der Waals surface area contributed by atoms with Gasteiger partial charge >= 0.3 is 0 Å². The molecular weight excluding hydrogens is 270 g/mol. The number of ether oxygens (including phenoxy) is 1. The molecule has 0 aliphatic heterocycles. The van der Waals surface area contributed by atoms with E-state index in [1.54, 1.807) is 13.2 Å². The van der Waals surface area contributed by atoms with Crippen molar-refractivity contribution in [1.82, 2.24) is 0 Å². The van der Waals surface area contributed by atoms with Crippen LogP contribution in [0.5, 0.6) is 11.5 Å². The molecule has 0 spiro atoms. The fraction of sp³-hybridized carbons (Fsp3) is 0.500. The van der Waals surface area contributed by atoms with E-state index in [1.807, 2.05) is 6.92 Å². The van der Waals surface area contributed by atoms with Gasteiger partial charge in [0.1, 0.15) is 0 Å². The number of nitrogens with two attached hydrogens (primary N) is 1. The van der Waals surface area contributed by atoms with Crippen LogP contribution < -0.4 is 10.5 Å². The molecule has 1 aromatic carbocycles. The third-order valence-electron chi connectivity index (χ3n) is 3.40. The Kier molecular flexibility index (Phi) is 2.88. The first-order valence-electron chi connectivity index (χ1n) is 5.35. The topological polar surface area (TPSA) is 55.5 Å². The molecule has 0 bridgehead atoms. The van der Waals surface area contributed by atoms with Crippen LogP contribution in [-0.2, 0) is 5.54 Å². The fourth-order valence-electron chi connectivity index (χ4n) is 2.33. The molecule has 88 valence electrons. The van der Waals surface area contributed by atoms with E-state index < -0.39 is 0 Å². The van der Waals surface area contributed by atoms with E-state index in [0.29, 0.717) is 5.75 Å². The normalized spacial score (nSPS) is 18.0. The van der Waals surface area contributed by atoms with Crippen molar-refractivity contribution in [3.05, 3.63) is 21.7 Å². The van der Waals surface area contributed by atoms with Crippen LogP contribution in [0.1, 0.15) is 30.4 Å². The molecule has 0 heterocycles. The maximum Gasteiger partial charge on any atom is 0.165 e. The van der Waals surface area contributed by atoms with Crippen molar-refractivity contribution in [2.75, 3.05) is 7.11 Å². The van der Waals surface area contributed by atoms with E-state index in [4.69, 9.17) is 10.5 Å². The Morgan fingerprint density at radius 1 is 1.50 bits per heavy atom. The van der Waals surface area contributed by atoms with E-state index in [0.717, 1.165) is 34.9 Å². The molecule has 0 saturated heterocycles. The quantitative estimate of drug-likeness (QED) is 0.879. The van der Waals surface area contributed by atoms with Crippen molar-refractivity contribution in [2.24, 2.45) is 5.73 Å². The van der Waals surface area contributed by atoms with Crippen molar-refractivity contribution >= 4 is 15.9 Å². The monoisotopic (exact) mass is 285 g/mol. The van der Waals surface area contributed by atoms with Crippen LogP contribution in [0.2, 0.25) is 0 Å². The Morgan fingerprint density at radius 2 is 2.12 bits per heavy atom. The summed E-state index contributed by atoms with van der Waals surface area (Å²) in [4.78, 5) is 0. The van der Waals surface area contributed by atoms with Gasteiger partial charge in [-0.3, -0.25) is 0 Å². The third-order valence-corrected chi connectivity index (χ3v) is 4.23. The van der Waals surface area contributed by atoms with Gasteiger partial charge in [-0.05, 0) is 37.8 Å². The molecule has 1 aliphatic rings. The first-order chi connectivity index (χ1) is 7.49. The molecule has 3 N–H and O–H groups in total. The third kappa shape index (κ3) is 1.60. The first kappa shape index (κ1) is 11.7. The molecule has 0 atom stereocenters. The van der Waals surface area contributed by atoms with E-state index >= 15 is 0 Å². The largest absolute Gasteiger partial charge is 0.504 e. The van der Waals surface area contributed by atoms with Gasteiger partial charge in [0.15, 0.2) is 11.5 Å². The lowest BCUT2D eigenvalue weighted by molar-refractivity contribution is 0.239. The summed E-state index contributed by atoms with van der Waals surface area (Å²) in [6.07, 6.45) is 3.02. The fourth-order valence-corrected chi connectivity index (χ4v) is 2.74. The van der Waals surface area contributed by atoms with Gasteiger partial charge in [-0.15, -0.1) is 0 Å². The van der Waals surface area contributed by atoms with Crippen LogP contribution in [0.25, 0.3) is 0 Å². The summed E-state index contributed by atoms with van der Waals surface area (Å²) in [5, 5.41) is 9.87. The lowest BCUT2D eigenvalue weighted by Gasteiger charge is -2.40. The van der Waals surface area contributed by atoms with Crippen molar-refractivity contribution < 1.29 is 9.84 Å². The SMILES string of the molecule is COc1c(O)cc(Br)c(C)c1C1(N)CCC1. The number of benzene rings is 1. The van der Waals surface area contributed by atoms with E-state index in [1.165, 1.54) is 0 Å². The molecule has 0 aromatic heterocycles. The molecule has 0 amide bonds. The molecule has 16 heavy (non-hydrogen) atoms. The standard InChI is InChI=1S/C12H16BrNO2/c1-7-8(13)6-9(15)11(16-2)10(7)12(14)4-3-5-12/h6,15H,3-5,14H2,1-2H3. The number of methoxy groups -OCH3 is 1. The Labute approximate surface area is 104 Å². The van der Waals surface area contributed by atoms with Gasteiger partial charge < -0.3 is 15.6 Å². The van der Waals surface area contributed by atoms with Gasteiger partial charge in [0.2, 0.25) is 0 Å². The van der Waals surface area contributed by atoms with Crippen molar-refractivity contribution in [1.29, 1.82) is 0 Å². The van der Waals surface area contributed by atoms with Gasteiger partial charge in [-0.2, -0.15) is 0 Å². The number of phenolic OH excluding ortho intramolecular Hbond substituents is 1. The Balaban J connectivity index is 2.65. The summed E-state index contributed by atoms with van der Waals surface area (Å²) >= 11 is 3.43. The number of hydrogen-bond donors (Lipinski definition) is 2. The van der Waals surface area contributed by atoms with Crippen LogP contribution in [0.15, 0.2) is 10.5 Å². The summed E-state index contributed by atoms with van der Waals surface area (Å²) < 4.78 is 6.16. The Morgan fingerprint density at radius 3 is 2.56 bits per heavy atom. The number of halogens is 1. The summed E-state index contributed by atoms with van der Waals surface area (Å²) in [5.41, 5.74) is 7.98. The predicted molar refractivity (Wildman–Crippen MR) is 66.8 cm³/mol. The van der Waals surface area contributed by atoms with E-state index in [2.05, 4.69) is 15.9 Å². The van der Waals surface area contributed by atoms with Gasteiger partial charge in [0, 0.05) is 15.6 Å². The van der Waals surface area contributed by atoms with Crippen LogP contribution in [0, 0.1) is 6.92 Å². The molecular formula is C12H16BrNO2. The second kappa shape index (κ2) is 3.93. The minimum atomic E-state index is -0.337. The van der Waals surface area contributed by atoms with Crippen LogP contribution in [-0.4, -0.2) is 12.2 Å². The maximum atomic E-state index is 9.87. The molecule has 0 radical (unpaired) electrons. The molecule has 0 unspecified atom stereocenters. The minimum absolute atomic E-state index is 0.145. The zero-order valence-corrected chi connectivity index (χ0v) is 11.1. The summed E-state index contributed by atoms with van der Waals surface area (Å²) in [6.45, 7) is 1.99. The molecule has 3 nitrogen and oxygen atoms in total. The number of aromatic hydroxyl groups is 1. The van der Waals surface area contributed by atoms with Gasteiger partial charge in [0.05, 0.1) is 7.11 Å². The van der Waals surface area contributed by atoms with Crippen molar-refractivity contribution in [2.45, 2.75) is 31.7 Å². The van der Waals surface area contributed by atoms with Gasteiger partial charge in [-0.25, -0.2) is 0 Å². The first-order valence-corrected chi connectivity index (χ1v) is 6.14. The molecule has 1 saturated carbocycles. The highest BCUT2D eigenvalue weighted by atomic mass is 79.9. The molecule has 1 aliphatic carbocycles. The number of rotatable bonds is 2. The average molecular weight is 286 g/mol. The molecule has 1 aromatic rings. The van der Waals surface area contributed by atoms with Gasteiger partial charge in [-0.1, -0.05) is 15.9 Å².